The maximum absolute atomic E-state index is 13.1. The molecular weight excluding hydrogens is 382 g/mol. The van der Waals surface area contributed by atoms with Crippen molar-refractivity contribution in [3.63, 3.8) is 0 Å². The third-order valence-electron chi connectivity index (χ3n) is 4.67. The lowest BCUT2D eigenvalue weighted by atomic mass is 9.99. The molecule has 27 heavy (non-hydrogen) atoms. The number of fused-ring (bicyclic) bond motifs is 1. The van der Waals surface area contributed by atoms with Gasteiger partial charge in [0.2, 0.25) is 0 Å². The Labute approximate surface area is 166 Å². The lowest BCUT2D eigenvalue weighted by Crippen LogP contribution is -2.42. The van der Waals surface area contributed by atoms with Crippen LogP contribution in [0.3, 0.4) is 0 Å². The van der Waals surface area contributed by atoms with E-state index in [1.165, 1.54) is 4.88 Å². The molecule has 1 aliphatic heterocycles. The summed E-state index contributed by atoms with van der Waals surface area (Å²) in [7, 11) is 0. The maximum atomic E-state index is 13.1. The second kappa shape index (κ2) is 7.62. The molecule has 4 rings (SSSR count). The summed E-state index contributed by atoms with van der Waals surface area (Å²) < 4.78 is 5.94. The molecule has 0 saturated heterocycles. The fourth-order valence-electron chi connectivity index (χ4n) is 3.32. The molecule has 3 aromatic rings. The molecule has 2 heterocycles. The second-order valence-electron chi connectivity index (χ2n) is 6.38. The van der Waals surface area contributed by atoms with E-state index in [4.69, 9.17) is 16.3 Å². The summed E-state index contributed by atoms with van der Waals surface area (Å²) in [5, 5.41) is 12.0. The number of halogens is 1. The van der Waals surface area contributed by atoms with E-state index in [1.54, 1.807) is 59.9 Å². The molecule has 2 aromatic carbocycles. The van der Waals surface area contributed by atoms with Crippen molar-refractivity contribution in [2.45, 2.75) is 12.5 Å². The fourth-order valence-corrected chi connectivity index (χ4v) is 4.44. The second-order valence-corrected chi connectivity index (χ2v) is 7.82. The van der Waals surface area contributed by atoms with Crippen LogP contribution in [0.15, 0.2) is 60.0 Å². The summed E-state index contributed by atoms with van der Waals surface area (Å²) in [6, 6.07) is 15.5. The van der Waals surface area contributed by atoms with Crippen LogP contribution < -0.4 is 4.74 Å². The zero-order valence-electron chi connectivity index (χ0n) is 14.5. The Bertz CT molecular complexity index is 954. The van der Waals surface area contributed by atoms with E-state index in [0.29, 0.717) is 29.5 Å². The number of phenolic OH excluding ortho intramolecular Hbond substituents is 1. The molecule has 0 saturated carbocycles. The van der Waals surface area contributed by atoms with Gasteiger partial charge < -0.3 is 14.7 Å². The van der Waals surface area contributed by atoms with E-state index in [2.05, 4.69) is 11.4 Å². The SMILES string of the molecule is O=C(c1cccc(Cl)c1)N1CCc2sccc2C1COc1ccc(O)cc1. The monoisotopic (exact) mass is 399 g/mol. The van der Waals surface area contributed by atoms with E-state index in [9.17, 15) is 9.90 Å². The van der Waals surface area contributed by atoms with Gasteiger partial charge in [0, 0.05) is 22.0 Å². The van der Waals surface area contributed by atoms with E-state index in [0.717, 1.165) is 12.0 Å². The maximum Gasteiger partial charge on any atom is 0.254 e. The number of rotatable bonds is 4. The molecule has 138 valence electrons. The minimum absolute atomic E-state index is 0.0475. The predicted octanol–water partition coefficient (Wildman–Crippen LogP) is 4.93. The Morgan fingerprint density at radius 2 is 2.04 bits per heavy atom. The quantitative estimate of drug-likeness (QED) is 0.677. The van der Waals surface area contributed by atoms with Crippen molar-refractivity contribution in [3.8, 4) is 11.5 Å². The van der Waals surface area contributed by atoms with Crippen molar-refractivity contribution in [2.24, 2.45) is 0 Å². The number of aromatic hydroxyl groups is 1. The molecule has 1 atom stereocenters. The van der Waals surface area contributed by atoms with E-state index in [-0.39, 0.29) is 17.7 Å². The molecule has 4 nitrogen and oxygen atoms in total. The first-order chi connectivity index (χ1) is 13.1. The Balaban J connectivity index is 1.59. The number of hydrogen-bond acceptors (Lipinski definition) is 4. The minimum Gasteiger partial charge on any atom is -0.508 e. The van der Waals surface area contributed by atoms with Crippen LogP contribution in [0.4, 0.5) is 0 Å². The van der Waals surface area contributed by atoms with Crippen LogP contribution in [-0.4, -0.2) is 29.1 Å². The third kappa shape index (κ3) is 3.80. The van der Waals surface area contributed by atoms with Crippen molar-refractivity contribution < 1.29 is 14.6 Å². The first-order valence-electron chi connectivity index (χ1n) is 8.66. The fraction of sp³-hybridized carbons (Fsp3) is 0.190. The Morgan fingerprint density at radius 1 is 1.22 bits per heavy atom. The van der Waals surface area contributed by atoms with Gasteiger partial charge in [-0.3, -0.25) is 4.79 Å². The van der Waals surface area contributed by atoms with E-state index >= 15 is 0 Å². The molecule has 0 radical (unpaired) electrons. The molecule has 0 spiro atoms. The summed E-state index contributed by atoms with van der Waals surface area (Å²) in [5.74, 6) is 0.803. The van der Waals surface area contributed by atoms with Crippen LogP contribution in [0.25, 0.3) is 0 Å². The van der Waals surface area contributed by atoms with Crippen molar-refractivity contribution in [3.05, 3.63) is 81.0 Å². The number of carbonyl (C=O) groups is 1. The van der Waals surface area contributed by atoms with Gasteiger partial charge in [0.05, 0.1) is 6.04 Å². The van der Waals surface area contributed by atoms with Crippen molar-refractivity contribution in [1.82, 2.24) is 4.90 Å². The Morgan fingerprint density at radius 3 is 2.81 bits per heavy atom. The highest BCUT2D eigenvalue weighted by Gasteiger charge is 2.32. The van der Waals surface area contributed by atoms with Gasteiger partial charge >= 0.3 is 0 Å². The number of carbonyl (C=O) groups excluding carboxylic acids is 1. The highest BCUT2D eigenvalue weighted by Crippen LogP contribution is 2.35. The molecule has 6 heteroatoms. The molecule has 1 aromatic heterocycles. The first-order valence-corrected chi connectivity index (χ1v) is 9.92. The normalized spacial score (nSPS) is 16.0. The van der Waals surface area contributed by atoms with Crippen molar-refractivity contribution >= 4 is 28.8 Å². The summed E-state index contributed by atoms with van der Waals surface area (Å²) in [5.41, 5.74) is 1.72. The zero-order chi connectivity index (χ0) is 18.8. The number of benzene rings is 2. The number of phenols is 1. The largest absolute Gasteiger partial charge is 0.508 e. The average molecular weight is 400 g/mol. The number of ether oxygens (including phenoxy) is 1. The standard InChI is InChI=1S/C21H18ClNO3S/c22-15-3-1-2-14(12-15)21(25)23-10-8-20-18(9-11-27-20)19(23)13-26-17-6-4-16(24)5-7-17/h1-7,9,11-12,19,24H,8,10,13H2. The number of amides is 1. The molecular formula is C21H18ClNO3S. The summed E-state index contributed by atoms with van der Waals surface area (Å²) >= 11 is 7.78. The van der Waals surface area contributed by atoms with Crippen molar-refractivity contribution in [2.75, 3.05) is 13.2 Å². The lowest BCUT2D eigenvalue weighted by molar-refractivity contribution is 0.0592. The summed E-state index contributed by atoms with van der Waals surface area (Å²) in [4.78, 5) is 16.3. The number of thiophene rings is 1. The smallest absolute Gasteiger partial charge is 0.254 e. The Kier molecular flexibility index (Phi) is 5.05. The van der Waals surface area contributed by atoms with Gasteiger partial charge in [-0.05, 0) is 65.9 Å². The van der Waals surface area contributed by atoms with Crippen LogP contribution in [-0.2, 0) is 6.42 Å². The lowest BCUT2D eigenvalue weighted by Gasteiger charge is -2.36. The molecule has 1 amide bonds. The van der Waals surface area contributed by atoms with Crippen LogP contribution in [0.5, 0.6) is 11.5 Å². The molecule has 0 aliphatic carbocycles. The van der Waals surface area contributed by atoms with Gasteiger partial charge in [0.1, 0.15) is 18.1 Å². The first kappa shape index (κ1) is 17.9. The molecule has 1 aliphatic rings. The number of hydrogen-bond donors (Lipinski definition) is 1. The number of nitrogens with zero attached hydrogens (tertiary/aromatic N) is 1. The minimum atomic E-state index is -0.166. The van der Waals surface area contributed by atoms with E-state index < -0.39 is 0 Å². The Hall–Kier alpha value is -2.50. The molecule has 1 unspecified atom stereocenters. The highest BCUT2D eigenvalue weighted by molar-refractivity contribution is 7.10. The van der Waals surface area contributed by atoms with Crippen LogP contribution in [0.1, 0.15) is 26.8 Å². The zero-order valence-corrected chi connectivity index (χ0v) is 16.0. The van der Waals surface area contributed by atoms with E-state index in [1.807, 2.05) is 4.90 Å². The van der Waals surface area contributed by atoms with Gasteiger partial charge in [-0.15, -0.1) is 11.3 Å². The van der Waals surface area contributed by atoms with Gasteiger partial charge in [0.25, 0.3) is 5.91 Å². The third-order valence-corrected chi connectivity index (χ3v) is 5.90. The van der Waals surface area contributed by atoms with Crippen LogP contribution >= 0.6 is 22.9 Å². The van der Waals surface area contributed by atoms with Gasteiger partial charge in [-0.2, -0.15) is 0 Å². The topological polar surface area (TPSA) is 49.8 Å². The average Bonchev–Trinajstić information content (AvgIpc) is 3.16. The predicted molar refractivity (Wildman–Crippen MR) is 107 cm³/mol. The molecule has 0 fully saturated rings. The van der Waals surface area contributed by atoms with Gasteiger partial charge in [0.15, 0.2) is 0 Å². The molecule has 0 bridgehead atoms. The highest BCUT2D eigenvalue weighted by atomic mass is 35.5. The van der Waals surface area contributed by atoms with Gasteiger partial charge in [-0.1, -0.05) is 17.7 Å². The van der Waals surface area contributed by atoms with Crippen molar-refractivity contribution in [1.29, 1.82) is 0 Å². The van der Waals surface area contributed by atoms with Gasteiger partial charge in [-0.25, -0.2) is 0 Å². The summed E-state index contributed by atoms with van der Waals surface area (Å²) in [6.07, 6.45) is 0.842. The molecule has 1 N–H and O–H groups in total. The van der Waals surface area contributed by atoms with Crippen LogP contribution in [0.2, 0.25) is 5.02 Å². The van der Waals surface area contributed by atoms with Crippen LogP contribution in [0, 0.1) is 0 Å². The summed E-state index contributed by atoms with van der Waals surface area (Å²) in [6.45, 7) is 0.989.